The molecule has 3 N–H and O–H groups in total. The second-order valence-electron chi connectivity index (χ2n) is 2.61. The molecule has 1 unspecified atom stereocenters. The van der Waals surface area contributed by atoms with E-state index >= 15 is 0 Å². The number of methoxy groups -OCH3 is 1. The van der Waals surface area contributed by atoms with E-state index in [2.05, 4.69) is 5.32 Å². The predicted molar refractivity (Wildman–Crippen MR) is 36.0 cm³/mol. The van der Waals surface area contributed by atoms with E-state index in [1.807, 2.05) is 0 Å². The lowest BCUT2D eigenvalue weighted by atomic mass is 10.1. The molecule has 1 heterocycles. The van der Waals surface area contributed by atoms with Crippen LogP contribution in [0.4, 0.5) is 0 Å². The maximum absolute atomic E-state index is 10.4. The summed E-state index contributed by atoms with van der Waals surface area (Å²) < 4.78 is 4.87. The van der Waals surface area contributed by atoms with Crippen LogP contribution in [0.2, 0.25) is 0 Å². The molecule has 0 aliphatic carbocycles. The molecule has 5 heteroatoms. The van der Waals surface area contributed by atoms with Crippen molar-refractivity contribution in [2.24, 2.45) is 0 Å². The van der Waals surface area contributed by atoms with E-state index in [4.69, 9.17) is 9.84 Å². The summed E-state index contributed by atoms with van der Waals surface area (Å²) in [4.78, 5) is 10.4. The summed E-state index contributed by atoms with van der Waals surface area (Å²) >= 11 is 0. The molecule has 11 heavy (non-hydrogen) atoms. The maximum atomic E-state index is 10.4. The molecule has 0 aromatic carbocycles. The predicted octanol–water partition coefficient (Wildman–Crippen LogP) is -1.23. The summed E-state index contributed by atoms with van der Waals surface area (Å²) in [7, 11) is 1.49. The number of rotatable bonds is 2. The van der Waals surface area contributed by atoms with E-state index in [1.165, 1.54) is 7.11 Å². The SMILES string of the molecule is COC1CN[C@](O)(C(=O)O)C1. The smallest absolute Gasteiger partial charge is 0.351 e. The zero-order valence-corrected chi connectivity index (χ0v) is 6.20. The minimum atomic E-state index is -1.79. The highest BCUT2D eigenvalue weighted by molar-refractivity contribution is 5.77. The van der Waals surface area contributed by atoms with Crippen molar-refractivity contribution in [1.29, 1.82) is 0 Å². The van der Waals surface area contributed by atoms with Gasteiger partial charge in [-0.05, 0) is 0 Å². The fraction of sp³-hybridized carbons (Fsp3) is 0.833. The molecule has 64 valence electrons. The lowest BCUT2D eigenvalue weighted by molar-refractivity contribution is -0.161. The molecule has 1 aliphatic heterocycles. The summed E-state index contributed by atoms with van der Waals surface area (Å²) in [5.41, 5.74) is -1.79. The fourth-order valence-corrected chi connectivity index (χ4v) is 1.09. The van der Waals surface area contributed by atoms with E-state index < -0.39 is 11.7 Å². The van der Waals surface area contributed by atoms with E-state index in [0.717, 1.165) is 0 Å². The van der Waals surface area contributed by atoms with Gasteiger partial charge in [0.15, 0.2) is 0 Å². The quantitative estimate of drug-likeness (QED) is 0.472. The molecule has 0 radical (unpaired) electrons. The van der Waals surface area contributed by atoms with Crippen LogP contribution in [0.25, 0.3) is 0 Å². The Kier molecular flexibility index (Phi) is 2.12. The van der Waals surface area contributed by atoms with Gasteiger partial charge < -0.3 is 14.9 Å². The highest BCUT2D eigenvalue weighted by Gasteiger charge is 2.43. The van der Waals surface area contributed by atoms with Gasteiger partial charge in [0, 0.05) is 20.1 Å². The van der Waals surface area contributed by atoms with E-state index in [0.29, 0.717) is 6.54 Å². The van der Waals surface area contributed by atoms with Crippen LogP contribution >= 0.6 is 0 Å². The number of carbonyl (C=O) groups is 1. The van der Waals surface area contributed by atoms with Crippen LogP contribution in [0.15, 0.2) is 0 Å². The van der Waals surface area contributed by atoms with Gasteiger partial charge in [0.2, 0.25) is 5.72 Å². The number of nitrogens with one attached hydrogen (secondary N) is 1. The first-order valence-electron chi connectivity index (χ1n) is 3.32. The summed E-state index contributed by atoms with van der Waals surface area (Å²) in [5.74, 6) is -1.25. The van der Waals surface area contributed by atoms with Crippen LogP contribution in [0.5, 0.6) is 0 Å². The Hall–Kier alpha value is -0.650. The molecule has 0 saturated carbocycles. The Labute approximate surface area is 64.0 Å². The monoisotopic (exact) mass is 161 g/mol. The van der Waals surface area contributed by atoms with Crippen LogP contribution in [-0.4, -0.2) is 41.7 Å². The zero-order chi connectivity index (χ0) is 8.48. The molecular formula is C6H11NO4. The molecule has 2 atom stereocenters. The maximum Gasteiger partial charge on any atom is 0.351 e. The van der Waals surface area contributed by atoms with Crippen molar-refractivity contribution in [2.75, 3.05) is 13.7 Å². The van der Waals surface area contributed by atoms with Crippen LogP contribution in [-0.2, 0) is 9.53 Å². The van der Waals surface area contributed by atoms with Gasteiger partial charge in [0.25, 0.3) is 0 Å². The normalized spacial score (nSPS) is 37.5. The molecule has 1 fully saturated rings. The summed E-state index contributed by atoms with van der Waals surface area (Å²) in [5, 5.41) is 20.3. The minimum absolute atomic E-state index is 0.0961. The molecule has 0 bridgehead atoms. The van der Waals surface area contributed by atoms with E-state index in [-0.39, 0.29) is 12.5 Å². The topological polar surface area (TPSA) is 78.8 Å². The largest absolute Gasteiger partial charge is 0.478 e. The molecule has 0 aromatic rings. The Morgan fingerprint density at radius 1 is 1.82 bits per heavy atom. The first-order chi connectivity index (χ1) is 5.08. The average Bonchev–Trinajstić information content (AvgIpc) is 2.33. The Morgan fingerprint density at radius 2 is 2.45 bits per heavy atom. The van der Waals surface area contributed by atoms with E-state index in [1.54, 1.807) is 0 Å². The van der Waals surface area contributed by atoms with Gasteiger partial charge in [-0.25, -0.2) is 4.79 Å². The van der Waals surface area contributed by atoms with Crippen LogP contribution < -0.4 is 5.32 Å². The number of aliphatic carboxylic acids is 1. The zero-order valence-electron chi connectivity index (χ0n) is 6.20. The number of carboxylic acids is 1. The standard InChI is InChI=1S/C6H11NO4/c1-11-4-2-6(10,5(8)9)7-3-4/h4,7,10H,2-3H2,1H3,(H,8,9)/t4?,6-/m1/s1. The molecule has 0 aromatic heterocycles. The summed E-state index contributed by atoms with van der Waals surface area (Å²) in [6.07, 6.45) is -0.116. The van der Waals surface area contributed by atoms with Crippen molar-refractivity contribution < 1.29 is 19.7 Å². The van der Waals surface area contributed by atoms with Crippen molar-refractivity contribution in [3.8, 4) is 0 Å². The molecule has 0 amide bonds. The van der Waals surface area contributed by atoms with Crippen molar-refractivity contribution in [2.45, 2.75) is 18.2 Å². The van der Waals surface area contributed by atoms with Gasteiger partial charge in [-0.1, -0.05) is 0 Å². The second kappa shape index (κ2) is 2.77. The van der Waals surface area contributed by atoms with Gasteiger partial charge in [-0.3, -0.25) is 5.32 Å². The second-order valence-corrected chi connectivity index (χ2v) is 2.61. The molecule has 1 rings (SSSR count). The van der Waals surface area contributed by atoms with Gasteiger partial charge in [0.1, 0.15) is 0 Å². The Morgan fingerprint density at radius 3 is 2.73 bits per heavy atom. The number of aliphatic hydroxyl groups is 1. The first kappa shape index (κ1) is 8.45. The Balaban J connectivity index is 2.57. The summed E-state index contributed by atoms with van der Waals surface area (Å²) in [6, 6.07) is 0. The van der Waals surface area contributed by atoms with Gasteiger partial charge in [-0.15, -0.1) is 0 Å². The Bertz CT molecular complexity index is 172. The summed E-state index contributed by atoms with van der Waals surface area (Å²) in [6.45, 7) is 0.374. The van der Waals surface area contributed by atoms with Crippen LogP contribution in [0, 0.1) is 0 Å². The van der Waals surface area contributed by atoms with Crippen molar-refractivity contribution in [1.82, 2.24) is 5.32 Å². The molecule has 0 spiro atoms. The van der Waals surface area contributed by atoms with Crippen molar-refractivity contribution in [3.05, 3.63) is 0 Å². The third-order valence-electron chi connectivity index (χ3n) is 1.83. The van der Waals surface area contributed by atoms with Crippen molar-refractivity contribution in [3.63, 3.8) is 0 Å². The molecule has 1 aliphatic rings. The number of hydrogen-bond acceptors (Lipinski definition) is 4. The molecular weight excluding hydrogens is 150 g/mol. The molecule has 1 saturated heterocycles. The lowest BCUT2D eigenvalue weighted by Gasteiger charge is -2.15. The average molecular weight is 161 g/mol. The third kappa shape index (κ3) is 1.50. The highest BCUT2D eigenvalue weighted by Crippen LogP contribution is 2.18. The number of carboxylic acid groups (broad SMARTS) is 1. The molecule has 5 nitrogen and oxygen atoms in total. The van der Waals surface area contributed by atoms with Crippen LogP contribution in [0.1, 0.15) is 6.42 Å². The fourth-order valence-electron chi connectivity index (χ4n) is 1.09. The van der Waals surface area contributed by atoms with E-state index in [9.17, 15) is 9.90 Å². The number of ether oxygens (including phenoxy) is 1. The van der Waals surface area contributed by atoms with Gasteiger partial charge in [-0.2, -0.15) is 0 Å². The number of hydrogen-bond donors (Lipinski definition) is 3. The van der Waals surface area contributed by atoms with Gasteiger partial charge in [0.05, 0.1) is 6.10 Å². The first-order valence-corrected chi connectivity index (χ1v) is 3.32. The van der Waals surface area contributed by atoms with Gasteiger partial charge >= 0.3 is 5.97 Å². The van der Waals surface area contributed by atoms with Crippen molar-refractivity contribution >= 4 is 5.97 Å². The minimum Gasteiger partial charge on any atom is -0.478 e. The van der Waals surface area contributed by atoms with Crippen LogP contribution in [0.3, 0.4) is 0 Å². The highest BCUT2D eigenvalue weighted by atomic mass is 16.5. The third-order valence-corrected chi connectivity index (χ3v) is 1.83. The lowest BCUT2D eigenvalue weighted by Crippen LogP contribution is -2.47.